The zero-order chi connectivity index (χ0) is 21.0. The van der Waals surface area contributed by atoms with Crippen molar-refractivity contribution in [3.05, 3.63) is 53.6 Å². The zero-order valence-corrected chi connectivity index (χ0v) is 17.7. The van der Waals surface area contributed by atoms with Crippen LogP contribution >= 0.6 is 0 Å². The molecular formula is C22H31N5O2. The molecule has 2 N–H and O–H groups in total. The summed E-state index contributed by atoms with van der Waals surface area (Å²) in [5.41, 5.74) is 1.84. The highest BCUT2D eigenvalue weighted by Gasteiger charge is 2.30. The normalized spacial score (nSPS) is 17.2. The number of amides is 2. The number of hydrogen-bond acceptors (Lipinski definition) is 4. The quantitative estimate of drug-likeness (QED) is 0.809. The minimum atomic E-state index is -0.153. The highest BCUT2D eigenvalue weighted by molar-refractivity contribution is 5.94. The fourth-order valence-electron chi connectivity index (χ4n) is 3.58. The number of hydrogen-bond donors (Lipinski definition) is 2. The average Bonchev–Trinajstić information content (AvgIpc) is 3.13. The summed E-state index contributed by atoms with van der Waals surface area (Å²) < 4.78 is 1.95. The molecule has 1 aromatic heterocycles. The fraction of sp³-hybridized carbons (Fsp3) is 0.500. The molecule has 2 aromatic rings. The summed E-state index contributed by atoms with van der Waals surface area (Å²) in [6.07, 6.45) is 3.91. The Kier molecular flexibility index (Phi) is 6.37. The van der Waals surface area contributed by atoms with Crippen molar-refractivity contribution in [2.75, 3.05) is 26.2 Å². The van der Waals surface area contributed by atoms with Crippen LogP contribution in [-0.2, 0) is 17.3 Å². The van der Waals surface area contributed by atoms with E-state index < -0.39 is 0 Å². The Morgan fingerprint density at radius 2 is 1.97 bits per heavy atom. The smallest absolute Gasteiger partial charge is 0.251 e. The van der Waals surface area contributed by atoms with Crippen molar-refractivity contribution in [2.24, 2.45) is 7.05 Å². The molecular weight excluding hydrogens is 366 g/mol. The van der Waals surface area contributed by atoms with Gasteiger partial charge in [0, 0.05) is 57.6 Å². The van der Waals surface area contributed by atoms with Crippen LogP contribution in [0, 0.1) is 0 Å². The van der Waals surface area contributed by atoms with Gasteiger partial charge in [-0.15, -0.1) is 0 Å². The van der Waals surface area contributed by atoms with Gasteiger partial charge in [-0.1, -0.05) is 32.9 Å². The van der Waals surface area contributed by atoms with Gasteiger partial charge in [-0.25, -0.2) is 4.98 Å². The largest absolute Gasteiger partial charge is 0.352 e. The van der Waals surface area contributed by atoms with E-state index in [4.69, 9.17) is 0 Å². The first-order valence-electron chi connectivity index (χ1n) is 10.1. The number of aryl methyl sites for hydroxylation is 1. The van der Waals surface area contributed by atoms with Gasteiger partial charge in [0.15, 0.2) is 0 Å². The van der Waals surface area contributed by atoms with Gasteiger partial charge in [-0.2, -0.15) is 0 Å². The third-order valence-corrected chi connectivity index (χ3v) is 5.36. The van der Waals surface area contributed by atoms with E-state index in [1.165, 1.54) is 5.56 Å². The monoisotopic (exact) mass is 397 g/mol. The van der Waals surface area contributed by atoms with Gasteiger partial charge < -0.3 is 20.1 Å². The number of nitrogens with one attached hydrogen (secondary N) is 2. The number of aromatic nitrogens is 2. The highest BCUT2D eigenvalue weighted by Crippen LogP contribution is 2.22. The lowest BCUT2D eigenvalue weighted by Gasteiger charge is -2.35. The molecule has 1 aromatic carbocycles. The standard InChI is InChI=1S/C22H31N5O2/c1-22(2,3)17-7-5-16(6-8-17)21(29)25-10-9-19(28)27-14-11-23-15-18(27)20-24-12-13-26(20)4/h5-8,12-13,18,23H,9-11,14-15H2,1-4H3,(H,25,29). The molecule has 1 aliphatic heterocycles. The van der Waals surface area contributed by atoms with E-state index in [-0.39, 0.29) is 29.7 Å². The van der Waals surface area contributed by atoms with E-state index in [1.807, 2.05) is 47.0 Å². The molecule has 29 heavy (non-hydrogen) atoms. The molecule has 0 radical (unpaired) electrons. The topological polar surface area (TPSA) is 79.3 Å². The summed E-state index contributed by atoms with van der Waals surface area (Å²) in [5, 5.41) is 6.19. The molecule has 1 aliphatic rings. The Morgan fingerprint density at radius 3 is 2.59 bits per heavy atom. The minimum absolute atomic E-state index is 0.0304. The number of benzene rings is 1. The Morgan fingerprint density at radius 1 is 1.24 bits per heavy atom. The Hall–Kier alpha value is -2.67. The molecule has 7 nitrogen and oxygen atoms in total. The second-order valence-corrected chi connectivity index (χ2v) is 8.54. The lowest BCUT2D eigenvalue weighted by molar-refractivity contribution is -0.134. The molecule has 0 bridgehead atoms. The first-order valence-corrected chi connectivity index (χ1v) is 10.1. The first kappa shape index (κ1) is 21.0. The van der Waals surface area contributed by atoms with Crippen LogP contribution in [0.15, 0.2) is 36.7 Å². The van der Waals surface area contributed by atoms with Gasteiger partial charge in [-0.05, 0) is 23.1 Å². The summed E-state index contributed by atoms with van der Waals surface area (Å²) in [5.74, 6) is 0.746. The van der Waals surface area contributed by atoms with Crippen LogP contribution in [0.1, 0.15) is 55.0 Å². The Bertz CT molecular complexity index is 851. The molecule has 0 saturated carbocycles. The van der Waals surface area contributed by atoms with Crippen molar-refractivity contribution in [2.45, 2.75) is 38.6 Å². The SMILES string of the molecule is Cn1ccnc1C1CNCCN1C(=O)CCNC(=O)c1ccc(C(C)(C)C)cc1. The molecule has 1 atom stereocenters. The minimum Gasteiger partial charge on any atom is -0.352 e. The molecule has 2 amide bonds. The van der Waals surface area contributed by atoms with Crippen molar-refractivity contribution in [1.29, 1.82) is 0 Å². The first-order chi connectivity index (χ1) is 13.8. The number of nitrogens with zero attached hydrogens (tertiary/aromatic N) is 3. The van der Waals surface area contributed by atoms with Gasteiger partial charge in [-0.3, -0.25) is 9.59 Å². The van der Waals surface area contributed by atoms with Crippen LogP contribution in [-0.4, -0.2) is 52.4 Å². The Balaban J connectivity index is 1.54. The number of carbonyl (C=O) groups excluding carboxylic acids is 2. The number of imidazole rings is 1. The second-order valence-electron chi connectivity index (χ2n) is 8.54. The van der Waals surface area contributed by atoms with Crippen LogP contribution < -0.4 is 10.6 Å². The van der Waals surface area contributed by atoms with E-state index in [0.29, 0.717) is 25.2 Å². The maximum atomic E-state index is 12.8. The van der Waals surface area contributed by atoms with E-state index in [9.17, 15) is 9.59 Å². The average molecular weight is 398 g/mol. The molecule has 0 aliphatic carbocycles. The van der Waals surface area contributed by atoms with Crippen LogP contribution in [0.4, 0.5) is 0 Å². The molecule has 1 saturated heterocycles. The van der Waals surface area contributed by atoms with E-state index in [1.54, 1.807) is 6.20 Å². The summed E-state index contributed by atoms with van der Waals surface area (Å²) >= 11 is 0. The van der Waals surface area contributed by atoms with Crippen molar-refractivity contribution >= 4 is 11.8 Å². The van der Waals surface area contributed by atoms with E-state index in [2.05, 4.69) is 36.4 Å². The molecule has 7 heteroatoms. The fourth-order valence-corrected chi connectivity index (χ4v) is 3.58. The van der Waals surface area contributed by atoms with Gasteiger partial charge in [0.25, 0.3) is 5.91 Å². The second kappa shape index (κ2) is 8.78. The summed E-state index contributed by atoms with van der Waals surface area (Å²) in [6.45, 7) is 8.82. The lowest BCUT2D eigenvalue weighted by Crippen LogP contribution is -2.50. The van der Waals surface area contributed by atoms with Gasteiger partial charge in [0.05, 0.1) is 0 Å². The summed E-state index contributed by atoms with van der Waals surface area (Å²) in [4.78, 5) is 31.5. The molecule has 0 spiro atoms. The zero-order valence-electron chi connectivity index (χ0n) is 17.7. The van der Waals surface area contributed by atoms with E-state index in [0.717, 1.165) is 12.4 Å². The van der Waals surface area contributed by atoms with Crippen LogP contribution in [0.5, 0.6) is 0 Å². The van der Waals surface area contributed by atoms with Crippen molar-refractivity contribution in [3.63, 3.8) is 0 Å². The van der Waals surface area contributed by atoms with Gasteiger partial charge in [0.1, 0.15) is 11.9 Å². The number of piperazine rings is 1. The Labute approximate surface area is 172 Å². The van der Waals surface area contributed by atoms with Crippen molar-refractivity contribution < 1.29 is 9.59 Å². The van der Waals surface area contributed by atoms with Gasteiger partial charge >= 0.3 is 0 Å². The molecule has 1 unspecified atom stereocenters. The number of rotatable bonds is 5. The van der Waals surface area contributed by atoms with Crippen molar-refractivity contribution in [1.82, 2.24) is 25.1 Å². The van der Waals surface area contributed by atoms with Gasteiger partial charge in [0.2, 0.25) is 5.91 Å². The predicted molar refractivity (Wildman–Crippen MR) is 113 cm³/mol. The van der Waals surface area contributed by atoms with Crippen LogP contribution in [0.25, 0.3) is 0 Å². The van der Waals surface area contributed by atoms with Crippen LogP contribution in [0.3, 0.4) is 0 Å². The predicted octanol–water partition coefficient (Wildman–Crippen LogP) is 2.01. The summed E-state index contributed by atoms with van der Waals surface area (Å²) in [7, 11) is 1.94. The molecule has 3 rings (SSSR count). The van der Waals surface area contributed by atoms with Crippen LogP contribution in [0.2, 0.25) is 0 Å². The number of carbonyl (C=O) groups is 2. The highest BCUT2D eigenvalue weighted by atomic mass is 16.2. The third-order valence-electron chi connectivity index (χ3n) is 5.36. The third kappa shape index (κ3) is 5.03. The molecule has 1 fully saturated rings. The van der Waals surface area contributed by atoms with Crippen molar-refractivity contribution in [3.8, 4) is 0 Å². The van der Waals surface area contributed by atoms with E-state index >= 15 is 0 Å². The lowest BCUT2D eigenvalue weighted by atomic mass is 9.87. The maximum absolute atomic E-state index is 12.8. The molecule has 156 valence electrons. The molecule has 2 heterocycles. The maximum Gasteiger partial charge on any atom is 0.251 e. The summed E-state index contributed by atoms with van der Waals surface area (Å²) in [6, 6.07) is 7.56.